The van der Waals surface area contributed by atoms with Gasteiger partial charge < -0.3 is 5.32 Å². The Labute approximate surface area is 110 Å². The van der Waals surface area contributed by atoms with Crippen molar-refractivity contribution in [1.82, 2.24) is 0 Å². The van der Waals surface area contributed by atoms with Gasteiger partial charge in [0.2, 0.25) is 0 Å². The highest BCUT2D eigenvalue weighted by atomic mass is 19.3. The number of rotatable bonds is 4. The van der Waals surface area contributed by atoms with E-state index in [1.54, 1.807) is 31.2 Å². The molecule has 0 heterocycles. The second kappa shape index (κ2) is 5.34. The fourth-order valence-electron chi connectivity index (χ4n) is 1.77. The highest BCUT2D eigenvalue weighted by molar-refractivity contribution is 5.51. The lowest BCUT2D eigenvalue weighted by Gasteiger charge is -2.19. The normalized spacial score (nSPS) is 11.4. The fraction of sp³-hybridized carbons (Fsp3) is 0.200. The van der Waals surface area contributed by atoms with Crippen LogP contribution in [-0.4, -0.2) is 6.54 Å². The zero-order chi connectivity index (χ0) is 13.9. The molecule has 0 aliphatic rings. The molecule has 19 heavy (non-hydrogen) atoms. The molecule has 0 saturated heterocycles. The van der Waals surface area contributed by atoms with Gasteiger partial charge in [0, 0.05) is 11.3 Å². The summed E-state index contributed by atoms with van der Waals surface area (Å²) in [6.45, 7) is 1.17. The van der Waals surface area contributed by atoms with Gasteiger partial charge in [-0.05, 0) is 24.6 Å². The van der Waals surface area contributed by atoms with E-state index in [1.165, 1.54) is 24.3 Å². The molecule has 0 spiro atoms. The van der Waals surface area contributed by atoms with E-state index in [0.29, 0.717) is 5.69 Å². The molecule has 0 aromatic heterocycles. The molecule has 0 radical (unpaired) electrons. The van der Waals surface area contributed by atoms with Crippen LogP contribution in [0.15, 0.2) is 48.5 Å². The maximum Gasteiger partial charge on any atom is 0.290 e. The minimum absolute atomic E-state index is 0.0587. The minimum atomic E-state index is -3.00. The van der Waals surface area contributed by atoms with Crippen molar-refractivity contribution >= 4 is 5.69 Å². The molecular weight excluding hydrogens is 251 g/mol. The molecule has 1 N–H and O–H groups in total. The average Bonchev–Trinajstić information content (AvgIpc) is 2.41. The van der Waals surface area contributed by atoms with Gasteiger partial charge in [-0.15, -0.1) is 0 Å². The number of anilines is 1. The highest BCUT2D eigenvalue weighted by Crippen LogP contribution is 2.28. The third-order valence-electron chi connectivity index (χ3n) is 2.90. The van der Waals surface area contributed by atoms with E-state index in [4.69, 9.17) is 0 Å². The van der Waals surface area contributed by atoms with Crippen molar-refractivity contribution in [3.63, 3.8) is 0 Å². The van der Waals surface area contributed by atoms with Crippen LogP contribution >= 0.6 is 0 Å². The molecular formula is C15H14F3N. The van der Waals surface area contributed by atoms with E-state index >= 15 is 0 Å². The number of nitrogens with one attached hydrogen (secondary N) is 1. The number of benzene rings is 2. The number of hydrogen-bond acceptors (Lipinski definition) is 1. The Kier molecular flexibility index (Phi) is 3.79. The topological polar surface area (TPSA) is 12.0 Å². The Morgan fingerprint density at radius 1 is 1.05 bits per heavy atom. The first-order chi connectivity index (χ1) is 8.99. The Morgan fingerprint density at radius 3 is 2.42 bits per heavy atom. The summed E-state index contributed by atoms with van der Waals surface area (Å²) in [7, 11) is 0. The molecule has 0 aliphatic heterocycles. The zero-order valence-electron chi connectivity index (χ0n) is 10.5. The van der Waals surface area contributed by atoms with Crippen LogP contribution < -0.4 is 5.32 Å². The van der Waals surface area contributed by atoms with Crippen LogP contribution in [0.2, 0.25) is 0 Å². The minimum Gasteiger partial charge on any atom is -0.378 e. The van der Waals surface area contributed by atoms with Gasteiger partial charge >= 0.3 is 0 Å². The first-order valence-electron chi connectivity index (χ1n) is 5.92. The predicted octanol–water partition coefficient (Wildman–Crippen LogP) is 4.34. The Morgan fingerprint density at radius 2 is 1.74 bits per heavy atom. The molecule has 0 fully saturated rings. The largest absolute Gasteiger partial charge is 0.378 e. The molecule has 100 valence electrons. The van der Waals surface area contributed by atoms with E-state index in [2.05, 4.69) is 5.32 Å². The van der Waals surface area contributed by atoms with E-state index in [0.717, 1.165) is 5.56 Å². The highest BCUT2D eigenvalue weighted by Gasteiger charge is 2.31. The monoisotopic (exact) mass is 265 g/mol. The van der Waals surface area contributed by atoms with Crippen LogP contribution in [0.4, 0.5) is 18.9 Å². The number of halogens is 3. The summed E-state index contributed by atoms with van der Waals surface area (Å²) in [5.41, 5.74) is 1.05. The Balaban J connectivity index is 2.12. The lowest BCUT2D eigenvalue weighted by molar-refractivity contribution is 0.0106. The van der Waals surface area contributed by atoms with Crippen LogP contribution in [0.5, 0.6) is 0 Å². The first-order valence-corrected chi connectivity index (χ1v) is 5.92. The van der Waals surface area contributed by atoms with E-state index < -0.39 is 18.3 Å². The summed E-state index contributed by atoms with van der Waals surface area (Å²) >= 11 is 0. The molecule has 0 saturated carbocycles. The van der Waals surface area contributed by atoms with Crippen molar-refractivity contribution in [3.8, 4) is 0 Å². The van der Waals surface area contributed by atoms with Crippen molar-refractivity contribution in [3.05, 3.63) is 65.5 Å². The van der Waals surface area contributed by atoms with Gasteiger partial charge in [0.1, 0.15) is 5.82 Å². The third kappa shape index (κ3) is 3.28. The molecule has 0 unspecified atom stereocenters. The van der Waals surface area contributed by atoms with Crippen molar-refractivity contribution in [2.45, 2.75) is 12.8 Å². The van der Waals surface area contributed by atoms with Crippen LogP contribution in [-0.2, 0) is 5.92 Å². The van der Waals surface area contributed by atoms with Crippen molar-refractivity contribution < 1.29 is 13.2 Å². The van der Waals surface area contributed by atoms with Crippen molar-refractivity contribution in [2.24, 2.45) is 0 Å². The molecule has 2 rings (SSSR count). The first kappa shape index (κ1) is 13.5. The van der Waals surface area contributed by atoms with Crippen molar-refractivity contribution in [1.29, 1.82) is 0 Å². The van der Waals surface area contributed by atoms with Gasteiger partial charge in [0.25, 0.3) is 5.92 Å². The second-order valence-electron chi connectivity index (χ2n) is 4.38. The van der Waals surface area contributed by atoms with Gasteiger partial charge in [-0.3, -0.25) is 0 Å². The van der Waals surface area contributed by atoms with Crippen LogP contribution in [0.25, 0.3) is 0 Å². The molecule has 2 aromatic carbocycles. The average molecular weight is 265 g/mol. The van der Waals surface area contributed by atoms with Crippen LogP contribution in [0.3, 0.4) is 0 Å². The van der Waals surface area contributed by atoms with E-state index in [1.807, 2.05) is 0 Å². The number of hydrogen-bond donors (Lipinski definition) is 1. The third-order valence-corrected chi connectivity index (χ3v) is 2.90. The smallest absolute Gasteiger partial charge is 0.290 e. The van der Waals surface area contributed by atoms with Crippen molar-refractivity contribution in [2.75, 3.05) is 11.9 Å². The molecule has 1 nitrogen and oxygen atoms in total. The molecule has 0 atom stereocenters. The SMILES string of the molecule is Cc1ccc(F)cc1NCC(F)(F)c1ccccc1. The maximum atomic E-state index is 13.9. The van der Waals surface area contributed by atoms with Gasteiger partial charge in [0.05, 0.1) is 6.54 Å². The second-order valence-corrected chi connectivity index (χ2v) is 4.38. The summed E-state index contributed by atoms with van der Waals surface area (Å²) < 4.78 is 40.9. The summed E-state index contributed by atoms with van der Waals surface area (Å²) in [4.78, 5) is 0. The predicted molar refractivity (Wildman–Crippen MR) is 70.0 cm³/mol. The van der Waals surface area contributed by atoms with Gasteiger partial charge in [0.15, 0.2) is 0 Å². The summed E-state index contributed by atoms with van der Waals surface area (Å²) in [5, 5.41) is 2.60. The van der Waals surface area contributed by atoms with Gasteiger partial charge in [-0.1, -0.05) is 36.4 Å². The number of aryl methyl sites for hydroxylation is 1. The summed E-state index contributed by atoms with van der Waals surface area (Å²) in [5.74, 6) is -3.45. The maximum absolute atomic E-state index is 13.9. The zero-order valence-corrected chi connectivity index (χ0v) is 10.5. The summed E-state index contributed by atoms with van der Waals surface area (Å²) in [6, 6.07) is 11.6. The van der Waals surface area contributed by atoms with Gasteiger partial charge in [-0.25, -0.2) is 4.39 Å². The standard InChI is InChI=1S/C15H14F3N/c1-11-7-8-13(16)9-14(11)19-10-15(17,18)12-5-3-2-4-6-12/h2-9,19H,10H2,1H3. The molecule has 4 heteroatoms. The van der Waals surface area contributed by atoms with Crippen LogP contribution in [0.1, 0.15) is 11.1 Å². The fourth-order valence-corrected chi connectivity index (χ4v) is 1.77. The van der Waals surface area contributed by atoms with E-state index in [-0.39, 0.29) is 5.56 Å². The quantitative estimate of drug-likeness (QED) is 0.867. The lowest BCUT2D eigenvalue weighted by Crippen LogP contribution is -2.24. The molecule has 0 bridgehead atoms. The molecule has 0 aliphatic carbocycles. The van der Waals surface area contributed by atoms with Crippen LogP contribution in [0, 0.1) is 12.7 Å². The summed E-state index contributed by atoms with van der Waals surface area (Å²) in [6.07, 6.45) is 0. The Hall–Kier alpha value is -1.97. The molecule has 0 amide bonds. The van der Waals surface area contributed by atoms with E-state index in [9.17, 15) is 13.2 Å². The Bertz CT molecular complexity index is 553. The van der Waals surface area contributed by atoms with Gasteiger partial charge in [-0.2, -0.15) is 8.78 Å². The molecule has 2 aromatic rings. The number of alkyl halides is 2. The lowest BCUT2D eigenvalue weighted by atomic mass is 10.1.